The van der Waals surface area contributed by atoms with Crippen molar-refractivity contribution in [1.29, 1.82) is 21.0 Å². The van der Waals surface area contributed by atoms with E-state index in [0.29, 0.717) is 0 Å². The molecule has 0 atom stereocenters. The van der Waals surface area contributed by atoms with Crippen molar-refractivity contribution in [2.75, 3.05) is 0 Å². The van der Waals surface area contributed by atoms with Crippen LogP contribution in [0.25, 0.3) is 11.4 Å². The van der Waals surface area contributed by atoms with Crippen molar-refractivity contribution in [3.63, 3.8) is 0 Å². The Bertz CT molecular complexity index is 443. The molecule has 0 amide bonds. The third-order valence-electron chi connectivity index (χ3n) is 1.59. The third-order valence-corrected chi connectivity index (χ3v) is 1.59. The molecule has 0 aliphatic carbocycles. The SMILES string of the molecule is [C-]#N.[C-]#N.[C-]#N.[C-]#N.[Os+4].c1ccc(-c2ccccn2)nc1. The Kier molecular flexibility index (Phi) is 32.3. The Hall–Kier alpha value is -3.10. The van der Waals surface area contributed by atoms with Crippen LogP contribution < -0.4 is 0 Å². The van der Waals surface area contributed by atoms with Gasteiger partial charge in [-0.2, -0.15) is 0 Å². The normalized spacial score (nSPS) is 5.90. The summed E-state index contributed by atoms with van der Waals surface area (Å²) in [5.41, 5.74) is 1.83. The fraction of sp³-hybridized carbons (Fsp3) is 0. The quantitative estimate of drug-likeness (QED) is 0.616. The maximum atomic E-state index is 6.25. The zero-order valence-corrected chi connectivity index (χ0v) is 13.2. The summed E-state index contributed by atoms with van der Waals surface area (Å²) in [4.78, 5) is 8.37. The van der Waals surface area contributed by atoms with Crippen LogP contribution >= 0.6 is 0 Å². The summed E-state index contributed by atoms with van der Waals surface area (Å²) in [6.07, 6.45) is 3.54. The van der Waals surface area contributed by atoms with Gasteiger partial charge in [0.2, 0.25) is 0 Å². The number of nitrogens with zero attached hydrogens (tertiary/aromatic N) is 6. The van der Waals surface area contributed by atoms with E-state index >= 15 is 0 Å². The molecule has 2 aromatic rings. The van der Waals surface area contributed by atoms with Gasteiger partial charge in [-0.25, -0.2) is 0 Å². The van der Waals surface area contributed by atoms with E-state index in [0.717, 1.165) is 11.4 Å². The van der Waals surface area contributed by atoms with Crippen LogP contribution in [0.2, 0.25) is 0 Å². The van der Waals surface area contributed by atoms with Gasteiger partial charge in [0.1, 0.15) is 0 Å². The summed E-state index contributed by atoms with van der Waals surface area (Å²) < 4.78 is 0. The van der Waals surface area contributed by atoms with Crippen LogP contribution in [0.5, 0.6) is 0 Å². The zero-order chi connectivity index (χ0) is 16.2. The topological polar surface area (TPSA) is 121 Å². The van der Waals surface area contributed by atoms with Crippen LogP contribution in [0.3, 0.4) is 0 Å². The van der Waals surface area contributed by atoms with Gasteiger partial charge in [0.05, 0.1) is 11.4 Å². The second kappa shape index (κ2) is 25.7. The molecule has 0 radical (unpaired) electrons. The van der Waals surface area contributed by atoms with E-state index in [4.69, 9.17) is 47.3 Å². The average Bonchev–Trinajstić information content (AvgIpc) is 2.63. The standard InChI is InChI=1S/C10H8N2.4CN.Os/c1-3-7-11-9(5-1)10-6-2-4-8-12-10;4*1-2;/h1-8H;;;;;/q;4*-1;+4. The molecule has 0 spiro atoms. The third kappa shape index (κ3) is 13.1. The van der Waals surface area contributed by atoms with E-state index in [1.54, 1.807) is 12.4 Å². The number of rotatable bonds is 1. The Balaban J connectivity index is -0.000000141. The molecule has 2 aromatic heterocycles. The van der Waals surface area contributed by atoms with Crippen LogP contribution in [-0.4, -0.2) is 9.97 Å². The monoisotopic (exact) mass is 452 g/mol. The summed E-state index contributed by atoms with van der Waals surface area (Å²) in [5.74, 6) is 0. The van der Waals surface area contributed by atoms with Crippen molar-refractivity contribution >= 4 is 0 Å². The fourth-order valence-electron chi connectivity index (χ4n) is 1.03. The molecule has 102 valence electrons. The number of hydrogen-bond acceptors (Lipinski definition) is 6. The van der Waals surface area contributed by atoms with Gasteiger partial charge < -0.3 is 47.3 Å². The second-order valence-electron chi connectivity index (χ2n) is 2.43. The van der Waals surface area contributed by atoms with E-state index in [-0.39, 0.29) is 19.8 Å². The van der Waals surface area contributed by atoms with Crippen LogP contribution in [0.1, 0.15) is 0 Å². The maximum Gasteiger partial charge on any atom is 4.00 e. The molecule has 0 aliphatic rings. The van der Waals surface area contributed by atoms with Gasteiger partial charge in [-0.3, -0.25) is 9.97 Å². The molecule has 0 aromatic carbocycles. The first-order valence-electron chi connectivity index (χ1n) is 4.69. The van der Waals surface area contributed by atoms with Gasteiger partial charge >= 0.3 is 19.8 Å². The van der Waals surface area contributed by atoms with E-state index in [1.165, 1.54) is 0 Å². The van der Waals surface area contributed by atoms with Crippen molar-refractivity contribution in [2.45, 2.75) is 0 Å². The van der Waals surface area contributed by atoms with E-state index in [9.17, 15) is 0 Å². The molecule has 0 N–H and O–H groups in total. The number of hydrogen-bond donors (Lipinski definition) is 0. The summed E-state index contributed by atoms with van der Waals surface area (Å²) in [6.45, 7) is 19.0. The first-order valence-corrected chi connectivity index (χ1v) is 4.69. The van der Waals surface area contributed by atoms with Gasteiger partial charge in [-0.1, -0.05) is 12.1 Å². The molecule has 0 aliphatic heterocycles. The molecule has 0 fully saturated rings. The Morgan fingerprint density at radius 1 is 0.571 bits per heavy atom. The minimum absolute atomic E-state index is 0. The molecule has 0 saturated carbocycles. The summed E-state index contributed by atoms with van der Waals surface area (Å²) >= 11 is 0. The summed E-state index contributed by atoms with van der Waals surface area (Å²) in [5, 5.41) is 25.0. The maximum absolute atomic E-state index is 6.25. The van der Waals surface area contributed by atoms with Gasteiger partial charge in [0.25, 0.3) is 0 Å². The Labute approximate surface area is 137 Å². The molecular weight excluding hydrogens is 442 g/mol. The van der Waals surface area contributed by atoms with E-state index < -0.39 is 0 Å². The molecule has 0 saturated heterocycles. The van der Waals surface area contributed by atoms with Crippen molar-refractivity contribution < 1.29 is 19.8 Å². The molecule has 2 rings (SSSR count). The van der Waals surface area contributed by atoms with Crippen LogP contribution in [0.15, 0.2) is 48.8 Å². The number of aromatic nitrogens is 2. The minimum Gasteiger partial charge on any atom is -0.512 e. The van der Waals surface area contributed by atoms with Gasteiger partial charge in [0, 0.05) is 12.4 Å². The average molecular weight is 450 g/mol. The smallest absolute Gasteiger partial charge is 0.512 e. The second-order valence-corrected chi connectivity index (χ2v) is 2.43. The Morgan fingerprint density at radius 3 is 1.05 bits per heavy atom. The van der Waals surface area contributed by atoms with E-state index in [2.05, 4.69) is 9.97 Å². The van der Waals surface area contributed by atoms with Crippen molar-refractivity contribution in [1.82, 2.24) is 9.97 Å². The van der Waals surface area contributed by atoms with E-state index in [1.807, 2.05) is 36.4 Å². The predicted molar refractivity (Wildman–Crippen MR) is 67.3 cm³/mol. The molecule has 0 bridgehead atoms. The van der Waals surface area contributed by atoms with Crippen LogP contribution in [0, 0.1) is 47.3 Å². The summed E-state index contributed by atoms with van der Waals surface area (Å²) in [6, 6.07) is 11.6. The van der Waals surface area contributed by atoms with Crippen molar-refractivity contribution in [2.24, 2.45) is 0 Å². The van der Waals surface area contributed by atoms with Crippen LogP contribution in [0.4, 0.5) is 0 Å². The first-order chi connectivity index (χ1) is 9.97. The van der Waals surface area contributed by atoms with Crippen LogP contribution in [-0.2, 0) is 19.8 Å². The van der Waals surface area contributed by atoms with Gasteiger partial charge in [-0.05, 0) is 24.3 Å². The fourth-order valence-corrected chi connectivity index (χ4v) is 1.03. The van der Waals surface area contributed by atoms with Crippen molar-refractivity contribution in [3.8, 4) is 11.4 Å². The number of pyridine rings is 2. The predicted octanol–water partition coefficient (Wildman–Crippen LogP) is 2.53. The molecule has 21 heavy (non-hydrogen) atoms. The molecule has 0 unspecified atom stereocenters. The first kappa shape index (κ1) is 26.5. The van der Waals surface area contributed by atoms with Crippen molar-refractivity contribution in [3.05, 3.63) is 75.1 Å². The largest absolute Gasteiger partial charge is 4.00 e. The summed E-state index contributed by atoms with van der Waals surface area (Å²) in [7, 11) is 0. The molecule has 6 nitrogen and oxygen atoms in total. The van der Waals surface area contributed by atoms with Gasteiger partial charge in [-0.15, -0.1) is 0 Å². The van der Waals surface area contributed by atoms with Gasteiger partial charge in [0.15, 0.2) is 0 Å². The molecule has 7 heteroatoms. The zero-order valence-electron chi connectivity index (χ0n) is 10.7. The Morgan fingerprint density at radius 2 is 0.857 bits per heavy atom. The molecule has 2 heterocycles. The molecular formula is C14H8N6Os. The minimum atomic E-state index is 0.